The third kappa shape index (κ3) is 4.45. The normalized spacial score (nSPS) is 11.6. The third-order valence-corrected chi connectivity index (χ3v) is 4.83. The number of amides is 2. The van der Waals surface area contributed by atoms with Crippen molar-refractivity contribution in [2.24, 2.45) is 0 Å². The molecule has 7 heteroatoms. The number of rotatable bonds is 6. The molecule has 2 rings (SSSR count). The van der Waals surface area contributed by atoms with Crippen molar-refractivity contribution in [1.29, 1.82) is 0 Å². The number of thiophene rings is 1. The number of carbonyl (C=O) groups is 3. The number of carboxylic acids is 1. The van der Waals surface area contributed by atoms with E-state index in [1.54, 1.807) is 29.6 Å². The molecule has 6 nitrogen and oxygen atoms in total. The molecule has 0 saturated carbocycles. The van der Waals surface area contributed by atoms with Crippen LogP contribution >= 0.6 is 11.3 Å². The molecule has 25 heavy (non-hydrogen) atoms. The fourth-order valence-electron chi connectivity index (χ4n) is 2.44. The average Bonchev–Trinajstić information content (AvgIpc) is 3.09. The number of nitrogens with one attached hydrogen (secondary N) is 1. The Morgan fingerprint density at radius 3 is 2.52 bits per heavy atom. The number of carboxylic acid groups (broad SMARTS) is 1. The van der Waals surface area contributed by atoms with Crippen LogP contribution in [0.1, 0.15) is 32.4 Å². The van der Waals surface area contributed by atoms with Crippen LogP contribution in [0.3, 0.4) is 0 Å². The van der Waals surface area contributed by atoms with Crippen LogP contribution in [-0.4, -0.2) is 41.4 Å². The lowest BCUT2D eigenvalue weighted by molar-refractivity contribution is -0.142. The quantitative estimate of drug-likeness (QED) is 0.828. The Kier molecular flexibility index (Phi) is 5.93. The van der Waals surface area contributed by atoms with Crippen LogP contribution in [-0.2, 0) is 9.59 Å². The summed E-state index contributed by atoms with van der Waals surface area (Å²) in [6.07, 6.45) is 0. The van der Waals surface area contributed by atoms with E-state index in [0.717, 1.165) is 11.1 Å². The molecule has 132 valence electrons. The monoisotopic (exact) mass is 360 g/mol. The van der Waals surface area contributed by atoms with Crippen molar-refractivity contribution >= 4 is 29.1 Å². The van der Waals surface area contributed by atoms with Crippen molar-refractivity contribution in [1.82, 2.24) is 10.2 Å². The summed E-state index contributed by atoms with van der Waals surface area (Å²) in [6.45, 7) is 3.48. The van der Waals surface area contributed by atoms with Gasteiger partial charge in [-0.2, -0.15) is 0 Å². The van der Waals surface area contributed by atoms with Crippen molar-refractivity contribution in [3.63, 3.8) is 0 Å². The van der Waals surface area contributed by atoms with E-state index < -0.39 is 17.9 Å². The van der Waals surface area contributed by atoms with Gasteiger partial charge in [-0.1, -0.05) is 24.3 Å². The van der Waals surface area contributed by atoms with Crippen LogP contribution in [0.15, 0.2) is 35.7 Å². The molecule has 1 atom stereocenters. The Balaban J connectivity index is 2.09. The minimum Gasteiger partial charge on any atom is -0.479 e. The summed E-state index contributed by atoms with van der Waals surface area (Å²) in [4.78, 5) is 37.8. The van der Waals surface area contributed by atoms with Gasteiger partial charge in [-0.3, -0.25) is 9.59 Å². The maximum atomic E-state index is 12.2. The number of carbonyl (C=O) groups excluding carboxylic acids is 2. The molecule has 1 aromatic carbocycles. The molecule has 0 aliphatic heterocycles. The fourth-order valence-corrected chi connectivity index (χ4v) is 3.16. The zero-order valence-electron chi connectivity index (χ0n) is 14.3. The number of hydrogen-bond donors (Lipinski definition) is 2. The maximum Gasteiger partial charge on any atom is 0.330 e. The highest BCUT2D eigenvalue weighted by Crippen LogP contribution is 2.21. The van der Waals surface area contributed by atoms with E-state index in [-0.39, 0.29) is 12.5 Å². The molecule has 1 heterocycles. The standard InChI is InChI=1S/C18H20N2O4S/c1-11-6-4-7-13(12(11)2)16(18(23)24)19-15(21)10-20(3)17(22)14-8-5-9-25-14/h4-9,16H,10H2,1-3H3,(H,19,21)(H,23,24). The minimum atomic E-state index is -1.15. The van der Waals surface area contributed by atoms with Gasteiger partial charge in [-0.25, -0.2) is 4.79 Å². The number of aryl methyl sites for hydroxylation is 1. The first-order chi connectivity index (χ1) is 11.8. The maximum absolute atomic E-state index is 12.2. The second-order valence-corrected chi connectivity index (χ2v) is 6.71. The summed E-state index contributed by atoms with van der Waals surface area (Å²) in [7, 11) is 1.51. The number of hydrogen-bond acceptors (Lipinski definition) is 4. The highest BCUT2D eigenvalue weighted by Gasteiger charge is 2.25. The summed E-state index contributed by atoms with van der Waals surface area (Å²) < 4.78 is 0. The SMILES string of the molecule is Cc1cccc(C(NC(=O)CN(C)C(=O)c2cccs2)C(=O)O)c1C. The van der Waals surface area contributed by atoms with Crippen molar-refractivity contribution in [2.75, 3.05) is 13.6 Å². The summed E-state index contributed by atoms with van der Waals surface area (Å²) in [5.41, 5.74) is 2.30. The molecule has 2 amide bonds. The van der Waals surface area contributed by atoms with Crippen LogP contribution in [0, 0.1) is 13.8 Å². The largest absolute Gasteiger partial charge is 0.479 e. The molecule has 0 fully saturated rings. The van der Waals surface area contributed by atoms with Crippen LogP contribution in [0.25, 0.3) is 0 Å². The topological polar surface area (TPSA) is 86.7 Å². The lowest BCUT2D eigenvalue weighted by Crippen LogP contribution is -2.41. The van der Waals surface area contributed by atoms with Gasteiger partial charge in [0.15, 0.2) is 6.04 Å². The first-order valence-electron chi connectivity index (χ1n) is 7.68. The fraction of sp³-hybridized carbons (Fsp3) is 0.278. The van der Waals surface area contributed by atoms with Crippen molar-refractivity contribution < 1.29 is 19.5 Å². The summed E-state index contributed by atoms with van der Waals surface area (Å²) in [6, 6.07) is 7.60. The molecular weight excluding hydrogens is 340 g/mol. The second-order valence-electron chi connectivity index (χ2n) is 5.77. The Hall–Kier alpha value is -2.67. The van der Waals surface area contributed by atoms with Gasteiger partial charge in [0, 0.05) is 7.05 Å². The van der Waals surface area contributed by atoms with Gasteiger partial charge in [-0.15, -0.1) is 11.3 Å². The summed E-state index contributed by atoms with van der Waals surface area (Å²) in [5, 5.41) is 13.8. The van der Waals surface area contributed by atoms with Crippen LogP contribution in [0.5, 0.6) is 0 Å². The van der Waals surface area contributed by atoms with E-state index in [4.69, 9.17) is 0 Å². The van der Waals surface area contributed by atoms with Gasteiger partial charge in [0.2, 0.25) is 5.91 Å². The minimum absolute atomic E-state index is 0.217. The lowest BCUT2D eigenvalue weighted by atomic mass is 9.97. The van der Waals surface area contributed by atoms with Crippen molar-refractivity contribution in [3.8, 4) is 0 Å². The molecule has 0 spiro atoms. The van der Waals surface area contributed by atoms with Gasteiger partial charge in [-0.05, 0) is 42.0 Å². The molecule has 0 radical (unpaired) electrons. The average molecular weight is 360 g/mol. The summed E-state index contributed by atoms with van der Waals surface area (Å²) in [5.74, 6) is -1.95. The highest BCUT2D eigenvalue weighted by atomic mass is 32.1. The molecule has 2 aromatic rings. The predicted molar refractivity (Wildman–Crippen MR) is 95.7 cm³/mol. The zero-order valence-corrected chi connectivity index (χ0v) is 15.1. The van der Waals surface area contributed by atoms with Crippen LogP contribution in [0.2, 0.25) is 0 Å². The number of likely N-dealkylation sites (N-methyl/N-ethyl adjacent to an activating group) is 1. The van der Waals surface area contributed by atoms with Crippen LogP contribution in [0.4, 0.5) is 0 Å². The Morgan fingerprint density at radius 2 is 1.92 bits per heavy atom. The lowest BCUT2D eigenvalue weighted by Gasteiger charge is -2.21. The van der Waals surface area contributed by atoms with Crippen molar-refractivity contribution in [3.05, 3.63) is 57.3 Å². The zero-order chi connectivity index (χ0) is 18.6. The smallest absolute Gasteiger partial charge is 0.330 e. The molecule has 0 aliphatic rings. The Bertz CT molecular complexity index is 786. The molecule has 2 N–H and O–H groups in total. The van der Waals surface area contributed by atoms with Gasteiger partial charge < -0.3 is 15.3 Å². The number of aliphatic carboxylic acids is 1. The van der Waals surface area contributed by atoms with Crippen molar-refractivity contribution in [2.45, 2.75) is 19.9 Å². The van der Waals surface area contributed by atoms with E-state index >= 15 is 0 Å². The van der Waals surface area contributed by atoms with Gasteiger partial charge in [0.1, 0.15) is 0 Å². The summed E-state index contributed by atoms with van der Waals surface area (Å²) >= 11 is 1.29. The molecule has 1 aromatic heterocycles. The molecule has 0 bridgehead atoms. The van der Waals surface area contributed by atoms with E-state index in [1.165, 1.54) is 23.3 Å². The van der Waals surface area contributed by atoms with Gasteiger partial charge >= 0.3 is 5.97 Å². The first-order valence-corrected chi connectivity index (χ1v) is 8.56. The molecule has 0 aliphatic carbocycles. The van der Waals surface area contributed by atoms with Gasteiger partial charge in [0.05, 0.1) is 11.4 Å². The van der Waals surface area contributed by atoms with Crippen LogP contribution < -0.4 is 5.32 Å². The Morgan fingerprint density at radius 1 is 1.20 bits per heavy atom. The van der Waals surface area contributed by atoms with E-state index in [1.807, 2.05) is 19.9 Å². The predicted octanol–water partition coefficient (Wildman–Crippen LogP) is 2.38. The molecule has 0 saturated heterocycles. The van der Waals surface area contributed by atoms with E-state index in [2.05, 4.69) is 5.32 Å². The number of benzene rings is 1. The van der Waals surface area contributed by atoms with E-state index in [9.17, 15) is 19.5 Å². The first kappa shape index (κ1) is 18.7. The molecule has 1 unspecified atom stereocenters. The molecular formula is C18H20N2O4S. The highest BCUT2D eigenvalue weighted by molar-refractivity contribution is 7.12. The number of nitrogens with zero attached hydrogens (tertiary/aromatic N) is 1. The van der Waals surface area contributed by atoms with E-state index in [0.29, 0.717) is 10.4 Å². The third-order valence-electron chi connectivity index (χ3n) is 3.97. The Labute approximate surface area is 150 Å². The van der Waals surface area contributed by atoms with Gasteiger partial charge in [0.25, 0.3) is 5.91 Å². The second kappa shape index (κ2) is 7.94.